The van der Waals surface area contributed by atoms with Crippen LogP contribution in [0, 0.1) is 5.82 Å². The quantitative estimate of drug-likeness (QED) is 0.741. The lowest BCUT2D eigenvalue weighted by Crippen LogP contribution is -2.20. The molecule has 0 spiro atoms. The van der Waals surface area contributed by atoms with E-state index in [2.05, 4.69) is 4.74 Å². The van der Waals surface area contributed by atoms with Gasteiger partial charge in [0, 0.05) is 6.42 Å². The van der Waals surface area contributed by atoms with Gasteiger partial charge >= 0.3 is 5.97 Å². The molecule has 5 nitrogen and oxygen atoms in total. The zero-order valence-electron chi connectivity index (χ0n) is 10.7. The first-order valence-electron chi connectivity index (χ1n) is 5.74. The first-order chi connectivity index (χ1) is 9.27. The van der Waals surface area contributed by atoms with Gasteiger partial charge < -0.3 is 9.47 Å². The van der Waals surface area contributed by atoms with Gasteiger partial charge in [0.1, 0.15) is 4.90 Å². The Bertz CT molecular complexity index is 656. The number of methoxy groups -OCH3 is 1. The van der Waals surface area contributed by atoms with E-state index in [9.17, 15) is 22.0 Å². The molecule has 0 unspecified atom stereocenters. The maximum absolute atomic E-state index is 13.9. The van der Waals surface area contributed by atoms with Crippen LogP contribution in [-0.4, -0.2) is 33.1 Å². The van der Waals surface area contributed by atoms with Gasteiger partial charge in [0.15, 0.2) is 11.6 Å². The number of ether oxygens (including phenoxy) is 2. The van der Waals surface area contributed by atoms with Crippen molar-refractivity contribution in [2.45, 2.75) is 29.8 Å². The Hall–Kier alpha value is -1.70. The first-order valence-corrected chi connectivity index (χ1v) is 7.28. The Morgan fingerprint density at radius 1 is 1.45 bits per heavy atom. The van der Waals surface area contributed by atoms with E-state index in [1.165, 1.54) is 6.92 Å². The van der Waals surface area contributed by atoms with E-state index in [-0.39, 0.29) is 5.56 Å². The van der Waals surface area contributed by atoms with Crippen LogP contribution in [0.3, 0.4) is 0 Å². The highest BCUT2D eigenvalue weighted by Crippen LogP contribution is 2.37. The monoisotopic (exact) mass is 306 g/mol. The van der Waals surface area contributed by atoms with Crippen LogP contribution in [0.15, 0.2) is 17.0 Å². The summed E-state index contributed by atoms with van der Waals surface area (Å²) < 4.78 is 61.3. The van der Waals surface area contributed by atoms with Crippen molar-refractivity contribution in [2.75, 3.05) is 7.11 Å². The molecule has 8 heteroatoms. The van der Waals surface area contributed by atoms with Crippen molar-refractivity contribution < 1.29 is 31.5 Å². The molecule has 0 radical (unpaired) electrons. The van der Waals surface area contributed by atoms with Gasteiger partial charge in [-0.25, -0.2) is 22.0 Å². The molecule has 0 saturated carbocycles. The lowest BCUT2D eigenvalue weighted by atomic mass is 10.2. The van der Waals surface area contributed by atoms with E-state index in [1.807, 2.05) is 0 Å². The number of carbonyl (C=O) groups is 1. The van der Waals surface area contributed by atoms with Crippen LogP contribution in [-0.2, 0) is 14.6 Å². The second-order valence-electron chi connectivity index (χ2n) is 4.40. The Balaban J connectivity index is 2.71. The molecular formula is C12H12F2O5S. The average Bonchev–Trinajstić information content (AvgIpc) is 2.46. The predicted octanol–water partition coefficient (Wildman–Crippen LogP) is 1.85. The zero-order valence-corrected chi connectivity index (χ0v) is 11.5. The van der Waals surface area contributed by atoms with Crippen molar-refractivity contribution in [3.8, 4) is 5.75 Å². The highest BCUT2D eigenvalue weighted by molar-refractivity contribution is 7.92. The maximum Gasteiger partial charge on any atom is 0.337 e. The summed E-state index contributed by atoms with van der Waals surface area (Å²) in [5.74, 6) is -2.53. The number of hydrogen-bond donors (Lipinski definition) is 0. The molecule has 110 valence electrons. The lowest BCUT2D eigenvalue weighted by molar-refractivity contribution is 0.0599. The van der Waals surface area contributed by atoms with E-state index in [4.69, 9.17) is 4.74 Å². The third kappa shape index (κ3) is 2.35. The lowest BCUT2D eigenvalue weighted by Gasteiger charge is -2.12. The predicted molar refractivity (Wildman–Crippen MR) is 64.5 cm³/mol. The molecule has 0 N–H and O–H groups in total. The summed E-state index contributed by atoms with van der Waals surface area (Å²) in [6.07, 6.45) is -1.22. The van der Waals surface area contributed by atoms with Gasteiger partial charge in [0.25, 0.3) is 0 Å². The maximum atomic E-state index is 13.9. The van der Waals surface area contributed by atoms with E-state index in [1.54, 1.807) is 0 Å². The fourth-order valence-electron chi connectivity index (χ4n) is 1.90. The molecule has 0 fully saturated rings. The van der Waals surface area contributed by atoms with Crippen molar-refractivity contribution in [2.24, 2.45) is 0 Å². The summed E-state index contributed by atoms with van der Waals surface area (Å²) in [7, 11) is -3.35. The molecule has 20 heavy (non-hydrogen) atoms. The van der Waals surface area contributed by atoms with Crippen LogP contribution in [0.1, 0.15) is 23.7 Å². The van der Waals surface area contributed by atoms with Crippen LogP contribution in [0.4, 0.5) is 8.78 Å². The summed E-state index contributed by atoms with van der Waals surface area (Å²) in [5, 5.41) is 0. The standard InChI is InChI=1S/C12H12F2O5S/c1-6-3-10(14)20(16,17)9-5-7(12(15)18-2)4-8(13)11(9)19-6/h4-6,10H,3H2,1-2H3/t6-,10+/m0/s1. The van der Waals surface area contributed by atoms with Gasteiger partial charge in [-0.3, -0.25) is 0 Å². The molecule has 1 heterocycles. The molecule has 2 atom stereocenters. The fraction of sp³-hybridized carbons (Fsp3) is 0.417. The fourth-order valence-corrected chi connectivity index (χ4v) is 3.40. The molecule has 1 aromatic carbocycles. The minimum atomic E-state index is -4.42. The second kappa shape index (κ2) is 5.01. The number of esters is 1. The van der Waals surface area contributed by atoms with Crippen molar-refractivity contribution in [3.05, 3.63) is 23.5 Å². The van der Waals surface area contributed by atoms with Crippen LogP contribution in [0.5, 0.6) is 5.75 Å². The van der Waals surface area contributed by atoms with Gasteiger partial charge in [0.2, 0.25) is 15.3 Å². The second-order valence-corrected chi connectivity index (χ2v) is 6.44. The number of sulfone groups is 1. The van der Waals surface area contributed by atoms with Gasteiger partial charge in [-0.1, -0.05) is 0 Å². The minimum Gasteiger partial charge on any atom is -0.486 e. The molecule has 1 aliphatic heterocycles. The average molecular weight is 306 g/mol. The van der Waals surface area contributed by atoms with Gasteiger partial charge in [-0.05, 0) is 19.1 Å². The molecule has 0 amide bonds. The van der Waals surface area contributed by atoms with Crippen LogP contribution < -0.4 is 4.74 Å². The number of fused-ring (bicyclic) bond motifs is 1. The summed E-state index contributed by atoms with van der Waals surface area (Å²) >= 11 is 0. The third-order valence-electron chi connectivity index (χ3n) is 2.91. The van der Waals surface area contributed by atoms with Crippen molar-refractivity contribution in [3.63, 3.8) is 0 Å². The van der Waals surface area contributed by atoms with Crippen LogP contribution in [0.25, 0.3) is 0 Å². The van der Waals surface area contributed by atoms with E-state index >= 15 is 0 Å². The molecule has 0 bridgehead atoms. The Morgan fingerprint density at radius 2 is 2.10 bits per heavy atom. The number of alkyl halides is 1. The summed E-state index contributed by atoms with van der Waals surface area (Å²) in [4.78, 5) is 10.7. The molecule has 1 aliphatic rings. The van der Waals surface area contributed by atoms with Gasteiger partial charge in [-0.2, -0.15) is 0 Å². The highest BCUT2D eigenvalue weighted by atomic mass is 32.2. The molecule has 2 rings (SSSR count). The van der Waals surface area contributed by atoms with Crippen molar-refractivity contribution >= 4 is 15.8 Å². The van der Waals surface area contributed by atoms with E-state index in [0.717, 1.165) is 19.2 Å². The van der Waals surface area contributed by atoms with Crippen LogP contribution >= 0.6 is 0 Å². The molecule has 1 aromatic rings. The topological polar surface area (TPSA) is 69.7 Å². The minimum absolute atomic E-state index is 0.322. The summed E-state index contributed by atoms with van der Waals surface area (Å²) in [5.41, 5.74) is -2.54. The third-order valence-corrected chi connectivity index (χ3v) is 4.69. The number of hydrogen-bond acceptors (Lipinski definition) is 5. The van der Waals surface area contributed by atoms with Crippen LogP contribution in [0.2, 0.25) is 0 Å². The molecule has 0 aromatic heterocycles. The zero-order chi connectivity index (χ0) is 15.1. The summed E-state index contributed by atoms with van der Waals surface area (Å²) in [6, 6.07) is 1.66. The number of benzene rings is 1. The Kier molecular flexibility index (Phi) is 3.68. The number of rotatable bonds is 1. The van der Waals surface area contributed by atoms with Crippen molar-refractivity contribution in [1.82, 2.24) is 0 Å². The molecule has 0 aliphatic carbocycles. The number of carbonyl (C=O) groups excluding carboxylic acids is 1. The SMILES string of the molecule is COC(=O)c1cc(F)c2c(c1)S(=O)(=O)[C@@H](F)C[C@H](C)O2. The van der Waals surface area contributed by atoms with Gasteiger partial charge in [-0.15, -0.1) is 0 Å². The normalized spacial score (nSPS) is 24.2. The smallest absolute Gasteiger partial charge is 0.337 e. The van der Waals surface area contributed by atoms with E-state index < -0.39 is 50.3 Å². The molecular weight excluding hydrogens is 294 g/mol. The Labute approximate surface area is 114 Å². The first kappa shape index (κ1) is 14.7. The highest BCUT2D eigenvalue weighted by Gasteiger charge is 2.38. The largest absolute Gasteiger partial charge is 0.486 e. The van der Waals surface area contributed by atoms with E-state index in [0.29, 0.717) is 0 Å². The number of halogens is 2. The molecule has 0 saturated heterocycles. The Morgan fingerprint density at radius 3 is 2.70 bits per heavy atom. The van der Waals surface area contributed by atoms with Crippen molar-refractivity contribution in [1.29, 1.82) is 0 Å². The van der Waals surface area contributed by atoms with Gasteiger partial charge in [0.05, 0.1) is 18.8 Å². The summed E-state index contributed by atoms with van der Waals surface area (Å²) in [6.45, 7) is 1.44.